The molecule has 1 aliphatic rings. The summed E-state index contributed by atoms with van der Waals surface area (Å²) in [4.78, 5) is 0.232. The van der Waals surface area contributed by atoms with Crippen LogP contribution in [-0.4, -0.2) is 19.0 Å². The maximum atomic E-state index is 11.6. The average molecular weight is 286 g/mol. The first kappa shape index (κ1) is 10.8. The number of fused-ring (bicyclic) bond motifs is 1. The van der Waals surface area contributed by atoms with Crippen LogP contribution < -0.4 is 0 Å². The molecule has 2 heterocycles. The normalized spacial score (nSPS) is 18.9. The van der Waals surface area contributed by atoms with Gasteiger partial charge in [-0.2, -0.15) is 8.42 Å². The molecule has 1 aromatic rings. The lowest BCUT2D eigenvalue weighted by atomic mass is 10.7. The minimum atomic E-state index is -3.51. The predicted molar refractivity (Wildman–Crippen MR) is 63.3 cm³/mol. The quantitative estimate of drug-likeness (QED) is 0.735. The monoisotopic (exact) mass is 285 g/mol. The number of nitrogens with zero attached hydrogens (tertiary/aromatic N) is 1. The molecule has 0 atom stereocenters. The van der Waals surface area contributed by atoms with Crippen molar-refractivity contribution in [3.63, 3.8) is 0 Å². The van der Waals surface area contributed by atoms with Crippen LogP contribution in [-0.2, 0) is 10.0 Å². The zero-order valence-corrected chi connectivity index (χ0v) is 10.9. The molecule has 0 aliphatic carbocycles. The van der Waals surface area contributed by atoms with E-state index in [9.17, 15) is 8.42 Å². The minimum absolute atomic E-state index is 0.232. The fraction of sp³-hybridized carbons (Fsp3) is 0.167. The zero-order chi connectivity index (χ0) is 10.3. The van der Waals surface area contributed by atoms with Crippen LogP contribution in [0.1, 0.15) is 0 Å². The Hall–Kier alpha value is 0.310. The van der Waals surface area contributed by atoms with Crippen molar-refractivity contribution in [2.75, 3.05) is 6.26 Å². The predicted octanol–water partition coefficient (Wildman–Crippen LogP) is 2.91. The van der Waals surface area contributed by atoms with Crippen LogP contribution in [0.3, 0.4) is 0 Å². The largest absolute Gasteiger partial charge is 0.285 e. The topological polar surface area (TPSA) is 46.5 Å². The van der Waals surface area contributed by atoms with Gasteiger partial charge in [0, 0.05) is 0 Å². The van der Waals surface area contributed by atoms with E-state index in [1.54, 1.807) is 6.26 Å². The molecule has 0 saturated carbocycles. The minimum Gasteiger partial charge on any atom is -0.199 e. The molecule has 0 aromatic carbocycles. The Morgan fingerprint density at radius 1 is 1.57 bits per heavy atom. The van der Waals surface area contributed by atoms with Crippen LogP contribution in [0.2, 0.25) is 4.34 Å². The third-order valence-corrected chi connectivity index (χ3v) is 6.67. The summed E-state index contributed by atoms with van der Waals surface area (Å²) in [5.74, 6) is 0. The van der Waals surface area contributed by atoms with Crippen LogP contribution in [0, 0.1) is 0 Å². The lowest BCUT2D eigenvalue weighted by Crippen LogP contribution is -2.04. The highest BCUT2D eigenvalue weighted by Crippen LogP contribution is 2.43. The zero-order valence-electron chi connectivity index (χ0n) is 6.85. The second-order valence-corrected chi connectivity index (χ2v) is 7.91. The van der Waals surface area contributed by atoms with E-state index in [1.165, 1.54) is 40.9 Å². The molecule has 0 fully saturated rings. The van der Waals surface area contributed by atoms with Crippen molar-refractivity contribution in [2.45, 2.75) is 9.10 Å². The van der Waals surface area contributed by atoms with Gasteiger partial charge in [-0.3, -0.25) is 0 Å². The number of halogens is 1. The van der Waals surface area contributed by atoms with E-state index in [2.05, 4.69) is 4.40 Å². The molecule has 0 amide bonds. The van der Waals surface area contributed by atoms with E-state index >= 15 is 0 Å². The third-order valence-electron chi connectivity index (χ3n) is 1.46. The summed E-state index contributed by atoms with van der Waals surface area (Å²) in [6.07, 6.45) is 1.79. The van der Waals surface area contributed by atoms with Crippen LogP contribution in [0.5, 0.6) is 0 Å². The number of thiophene rings is 1. The number of sulfonamides is 1. The summed E-state index contributed by atoms with van der Waals surface area (Å²) in [7, 11) is -3.51. The Bertz CT molecular complexity index is 504. The van der Waals surface area contributed by atoms with E-state index < -0.39 is 10.0 Å². The van der Waals surface area contributed by atoms with Gasteiger partial charge in [0.05, 0.1) is 8.55 Å². The molecule has 3 nitrogen and oxygen atoms in total. The SMILES string of the molecule is CSC1=NS(=O)(=O)c2cc(Cl)sc2S1. The Morgan fingerprint density at radius 2 is 2.29 bits per heavy atom. The molecule has 0 spiro atoms. The number of hydrogen-bond acceptors (Lipinski definition) is 5. The van der Waals surface area contributed by atoms with Gasteiger partial charge in [-0.1, -0.05) is 11.6 Å². The fourth-order valence-corrected chi connectivity index (χ4v) is 6.46. The summed E-state index contributed by atoms with van der Waals surface area (Å²) in [5.41, 5.74) is 0. The van der Waals surface area contributed by atoms with Gasteiger partial charge in [-0.15, -0.1) is 27.5 Å². The van der Waals surface area contributed by atoms with Crippen molar-refractivity contribution in [3.05, 3.63) is 10.4 Å². The molecule has 0 N–H and O–H groups in total. The van der Waals surface area contributed by atoms with Crippen molar-refractivity contribution in [1.29, 1.82) is 0 Å². The molecule has 0 radical (unpaired) electrons. The molecule has 0 saturated heterocycles. The molecule has 2 rings (SSSR count). The van der Waals surface area contributed by atoms with E-state index in [0.717, 1.165) is 0 Å². The Labute approximate surface area is 99.0 Å². The maximum Gasteiger partial charge on any atom is 0.285 e. The highest BCUT2D eigenvalue weighted by molar-refractivity contribution is 8.39. The van der Waals surface area contributed by atoms with Crippen molar-refractivity contribution in [1.82, 2.24) is 0 Å². The van der Waals surface area contributed by atoms with Crippen molar-refractivity contribution >= 4 is 60.9 Å². The lowest BCUT2D eigenvalue weighted by Gasteiger charge is -2.08. The van der Waals surface area contributed by atoms with Gasteiger partial charge in [0.1, 0.15) is 9.27 Å². The molecule has 1 aromatic heterocycles. The number of hydrogen-bond donors (Lipinski definition) is 0. The molecule has 76 valence electrons. The fourth-order valence-electron chi connectivity index (χ4n) is 0.905. The summed E-state index contributed by atoms with van der Waals surface area (Å²) >= 11 is 9.68. The van der Waals surface area contributed by atoms with Crippen LogP contribution in [0.4, 0.5) is 0 Å². The van der Waals surface area contributed by atoms with Crippen molar-refractivity contribution in [2.24, 2.45) is 4.40 Å². The second kappa shape index (κ2) is 3.71. The van der Waals surface area contributed by atoms with E-state index in [1.807, 2.05) is 0 Å². The van der Waals surface area contributed by atoms with Gasteiger partial charge in [0.25, 0.3) is 10.0 Å². The first-order valence-corrected chi connectivity index (χ1v) is 8.06. The van der Waals surface area contributed by atoms with Crippen LogP contribution in [0.25, 0.3) is 0 Å². The smallest absolute Gasteiger partial charge is 0.199 e. The standard InChI is InChI=1S/C6H4ClNO2S4/c1-11-6-8-14(9,10)3-2-4(7)12-5(3)13-6/h2H,1H3. The van der Waals surface area contributed by atoms with Gasteiger partial charge in [0.2, 0.25) is 0 Å². The second-order valence-electron chi connectivity index (χ2n) is 2.34. The maximum absolute atomic E-state index is 11.6. The van der Waals surface area contributed by atoms with Gasteiger partial charge in [0.15, 0.2) is 0 Å². The Morgan fingerprint density at radius 3 is 2.93 bits per heavy atom. The van der Waals surface area contributed by atoms with E-state index in [0.29, 0.717) is 12.9 Å². The number of rotatable bonds is 0. The highest BCUT2D eigenvalue weighted by atomic mass is 35.5. The van der Waals surface area contributed by atoms with Crippen LogP contribution >= 0.6 is 46.5 Å². The molecule has 14 heavy (non-hydrogen) atoms. The summed E-state index contributed by atoms with van der Waals surface area (Å²) in [6.45, 7) is 0. The molecular formula is C6H4ClNO2S4. The van der Waals surface area contributed by atoms with Gasteiger partial charge < -0.3 is 0 Å². The lowest BCUT2D eigenvalue weighted by molar-refractivity contribution is 0.597. The summed E-state index contributed by atoms with van der Waals surface area (Å²) in [6, 6.07) is 1.45. The third kappa shape index (κ3) is 1.83. The first-order valence-electron chi connectivity index (χ1n) is 3.39. The van der Waals surface area contributed by atoms with Gasteiger partial charge in [-0.05, 0) is 24.1 Å². The van der Waals surface area contributed by atoms with E-state index in [4.69, 9.17) is 11.6 Å². The van der Waals surface area contributed by atoms with Gasteiger partial charge >= 0.3 is 0 Å². The molecule has 0 unspecified atom stereocenters. The average Bonchev–Trinajstić information content (AvgIpc) is 2.45. The Kier molecular flexibility index (Phi) is 2.87. The molecule has 0 bridgehead atoms. The first-order chi connectivity index (χ1) is 6.53. The summed E-state index contributed by atoms with van der Waals surface area (Å²) in [5, 5.41) is 0. The Balaban J connectivity index is 2.61. The number of thioether (sulfide) groups is 2. The summed E-state index contributed by atoms with van der Waals surface area (Å²) < 4.78 is 28.5. The van der Waals surface area contributed by atoms with E-state index in [-0.39, 0.29) is 4.90 Å². The van der Waals surface area contributed by atoms with Crippen molar-refractivity contribution in [3.8, 4) is 0 Å². The molecular weight excluding hydrogens is 282 g/mol. The molecule has 8 heteroatoms. The highest BCUT2D eigenvalue weighted by Gasteiger charge is 2.28. The molecule has 1 aliphatic heterocycles. The van der Waals surface area contributed by atoms with Gasteiger partial charge in [-0.25, -0.2) is 0 Å². The van der Waals surface area contributed by atoms with Crippen molar-refractivity contribution < 1.29 is 8.42 Å². The van der Waals surface area contributed by atoms with Crippen LogP contribution in [0.15, 0.2) is 19.6 Å².